The zero-order chi connectivity index (χ0) is 24.8. The molecule has 0 saturated carbocycles. The summed E-state index contributed by atoms with van der Waals surface area (Å²) in [4.78, 5) is 25.1. The van der Waals surface area contributed by atoms with Crippen molar-refractivity contribution in [3.63, 3.8) is 0 Å². The second-order valence-electron chi connectivity index (χ2n) is 7.70. The Morgan fingerprint density at radius 1 is 1.09 bits per heavy atom. The summed E-state index contributed by atoms with van der Waals surface area (Å²) in [5, 5.41) is 3.49. The lowest BCUT2D eigenvalue weighted by atomic mass is 10.1. The monoisotopic (exact) mass is 496 g/mol. The van der Waals surface area contributed by atoms with Gasteiger partial charge in [-0.2, -0.15) is 0 Å². The van der Waals surface area contributed by atoms with Gasteiger partial charge in [0.25, 0.3) is 5.91 Å². The van der Waals surface area contributed by atoms with Gasteiger partial charge in [0, 0.05) is 37.0 Å². The lowest BCUT2D eigenvalue weighted by Gasteiger charge is -2.26. The van der Waals surface area contributed by atoms with E-state index < -0.39 is 17.5 Å². The van der Waals surface area contributed by atoms with Crippen LogP contribution in [0.3, 0.4) is 0 Å². The van der Waals surface area contributed by atoms with E-state index in [0.717, 1.165) is 66.5 Å². The van der Waals surface area contributed by atoms with Gasteiger partial charge in [-0.05, 0) is 42.0 Å². The van der Waals surface area contributed by atoms with Gasteiger partial charge >= 0.3 is 0 Å². The number of benzene rings is 2. The summed E-state index contributed by atoms with van der Waals surface area (Å²) in [6, 6.07) is 12.3. The number of pyridine rings is 1. The molecule has 1 aliphatic rings. The number of amides is 1. The molecular formula is C26H26F2N4O2S. The average molecular weight is 497 g/mol. The summed E-state index contributed by atoms with van der Waals surface area (Å²) in [7, 11) is 0. The van der Waals surface area contributed by atoms with E-state index in [-0.39, 0.29) is 5.56 Å². The van der Waals surface area contributed by atoms with E-state index in [1.807, 2.05) is 38.2 Å². The normalized spacial score (nSPS) is 13.8. The van der Waals surface area contributed by atoms with Crippen molar-refractivity contribution in [1.29, 1.82) is 0 Å². The number of hydrogen-bond acceptors (Lipinski definition) is 6. The van der Waals surface area contributed by atoms with E-state index in [4.69, 9.17) is 9.72 Å². The fourth-order valence-corrected chi connectivity index (χ4v) is 4.62. The third kappa shape index (κ3) is 5.87. The van der Waals surface area contributed by atoms with Crippen molar-refractivity contribution in [1.82, 2.24) is 14.9 Å². The van der Waals surface area contributed by atoms with E-state index in [0.29, 0.717) is 10.7 Å². The Labute approximate surface area is 206 Å². The van der Waals surface area contributed by atoms with Crippen molar-refractivity contribution in [2.24, 2.45) is 0 Å². The largest absolute Gasteiger partial charge is 0.379 e. The standard InChI is InChI=1S/C24H20F2N4O2S.C2H6/c25-18-6-5-16(12-19(18)26)22(31)28-20-4-2-1-3-17(20)23-29-21-11-15(13-27-24(21)33-23)14-30-7-9-32-10-8-30;1-2/h1-6,11-13H,7-10,14H2,(H,28,31);1-2H3. The predicted octanol–water partition coefficient (Wildman–Crippen LogP) is 5.75. The van der Waals surface area contributed by atoms with Crippen LogP contribution in [0.25, 0.3) is 20.9 Å². The maximum absolute atomic E-state index is 13.5. The van der Waals surface area contributed by atoms with Crippen LogP contribution in [0, 0.1) is 11.6 Å². The highest BCUT2D eigenvalue weighted by atomic mass is 32.1. The number of nitrogens with one attached hydrogen (secondary N) is 1. The molecule has 0 bridgehead atoms. The molecule has 2 aromatic carbocycles. The minimum absolute atomic E-state index is 0.0300. The molecule has 4 aromatic rings. The summed E-state index contributed by atoms with van der Waals surface area (Å²) < 4.78 is 32.2. The Morgan fingerprint density at radius 3 is 2.63 bits per heavy atom. The summed E-state index contributed by atoms with van der Waals surface area (Å²) in [6.07, 6.45) is 1.87. The highest BCUT2D eigenvalue weighted by Crippen LogP contribution is 2.34. The maximum atomic E-state index is 13.5. The summed E-state index contributed by atoms with van der Waals surface area (Å²) in [5.41, 5.74) is 3.16. The predicted molar refractivity (Wildman–Crippen MR) is 135 cm³/mol. The summed E-state index contributed by atoms with van der Waals surface area (Å²) in [6.45, 7) is 8.06. The molecule has 5 rings (SSSR count). The van der Waals surface area contributed by atoms with Crippen molar-refractivity contribution < 1.29 is 18.3 Å². The number of nitrogens with zero attached hydrogens (tertiary/aromatic N) is 3. The number of aromatic nitrogens is 2. The van der Waals surface area contributed by atoms with E-state index in [9.17, 15) is 13.6 Å². The first-order chi connectivity index (χ1) is 17.1. The Balaban J connectivity index is 0.00000141. The number of anilines is 1. The first-order valence-corrected chi connectivity index (χ1v) is 12.3. The smallest absolute Gasteiger partial charge is 0.255 e. The van der Waals surface area contributed by atoms with E-state index in [1.165, 1.54) is 17.4 Å². The average Bonchev–Trinajstić information content (AvgIpc) is 3.31. The molecule has 1 aliphatic heterocycles. The van der Waals surface area contributed by atoms with Gasteiger partial charge in [-0.15, -0.1) is 0 Å². The lowest BCUT2D eigenvalue weighted by molar-refractivity contribution is 0.0341. The Kier molecular flexibility index (Phi) is 8.12. The van der Waals surface area contributed by atoms with Crippen LogP contribution in [-0.4, -0.2) is 47.1 Å². The number of rotatable bonds is 5. The van der Waals surface area contributed by atoms with Gasteiger partial charge < -0.3 is 10.1 Å². The Morgan fingerprint density at radius 2 is 1.86 bits per heavy atom. The second-order valence-corrected chi connectivity index (χ2v) is 8.68. The third-order valence-electron chi connectivity index (χ3n) is 5.40. The van der Waals surface area contributed by atoms with Gasteiger partial charge in [-0.25, -0.2) is 18.7 Å². The van der Waals surface area contributed by atoms with Crippen LogP contribution in [0.1, 0.15) is 29.8 Å². The van der Waals surface area contributed by atoms with Crippen molar-refractivity contribution in [2.45, 2.75) is 20.4 Å². The maximum Gasteiger partial charge on any atom is 0.255 e. The van der Waals surface area contributed by atoms with Crippen LogP contribution in [0.4, 0.5) is 14.5 Å². The molecular weight excluding hydrogens is 470 g/mol. The second kappa shape index (κ2) is 11.4. The molecule has 0 atom stereocenters. The number of hydrogen-bond donors (Lipinski definition) is 1. The van der Waals surface area contributed by atoms with Gasteiger partial charge in [0.15, 0.2) is 11.6 Å². The van der Waals surface area contributed by atoms with Gasteiger partial charge in [-0.3, -0.25) is 9.69 Å². The zero-order valence-corrected chi connectivity index (χ0v) is 20.4. The highest BCUT2D eigenvalue weighted by Gasteiger charge is 2.16. The zero-order valence-electron chi connectivity index (χ0n) is 19.6. The minimum Gasteiger partial charge on any atom is -0.379 e. The number of morpholine rings is 1. The first kappa shape index (κ1) is 24.8. The van der Waals surface area contributed by atoms with Crippen LogP contribution in [0.2, 0.25) is 0 Å². The fourth-order valence-electron chi connectivity index (χ4n) is 3.69. The first-order valence-electron chi connectivity index (χ1n) is 11.5. The summed E-state index contributed by atoms with van der Waals surface area (Å²) >= 11 is 1.43. The molecule has 0 unspecified atom stereocenters. The minimum atomic E-state index is -1.07. The molecule has 9 heteroatoms. The van der Waals surface area contributed by atoms with Gasteiger partial charge in [0.05, 0.1) is 18.9 Å². The molecule has 0 aliphatic carbocycles. The van der Waals surface area contributed by atoms with Crippen LogP contribution in [0.15, 0.2) is 54.7 Å². The van der Waals surface area contributed by atoms with Crippen LogP contribution >= 0.6 is 11.3 Å². The fraction of sp³-hybridized carbons (Fsp3) is 0.269. The van der Waals surface area contributed by atoms with Crippen LogP contribution in [-0.2, 0) is 11.3 Å². The molecule has 182 valence electrons. The molecule has 1 fully saturated rings. The molecule has 3 heterocycles. The van der Waals surface area contributed by atoms with E-state index >= 15 is 0 Å². The van der Waals surface area contributed by atoms with Crippen LogP contribution in [0.5, 0.6) is 0 Å². The lowest BCUT2D eigenvalue weighted by Crippen LogP contribution is -2.35. The number of carbonyl (C=O) groups excluding carboxylic acids is 1. The van der Waals surface area contributed by atoms with Crippen molar-refractivity contribution in [3.8, 4) is 10.6 Å². The van der Waals surface area contributed by atoms with E-state index in [1.54, 1.807) is 12.1 Å². The molecule has 2 aromatic heterocycles. The molecule has 0 radical (unpaired) electrons. The van der Waals surface area contributed by atoms with Crippen molar-refractivity contribution in [2.75, 3.05) is 31.6 Å². The Bertz CT molecular complexity index is 1320. The number of fused-ring (bicyclic) bond motifs is 1. The van der Waals surface area contributed by atoms with Crippen molar-refractivity contribution in [3.05, 3.63) is 77.5 Å². The number of ether oxygens (including phenoxy) is 1. The molecule has 35 heavy (non-hydrogen) atoms. The van der Waals surface area contributed by atoms with Gasteiger partial charge in [0.1, 0.15) is 15.4 Å². The quantitative estimate of drug-likeness (QED) is 0.381. The topological polar surface area (TPSA) is 67.4 Å². The van der Waals surface area contributed by atoms with Gasteiger partial charge in [-0.1, -0.05) is 37.3 Å². The molecule has 6 nitrogen and oxygen atoms in total. The number of thiazole rings is 1. The van der Waals surface area contributed by atoms with Gasteiger partial charge in [0.2, 0.25) is 0 Å². The molecule has 1 saturated heterocycles. The molecule has 1 N–H and O–H groups in total. The highest BCUT2D eigenvalue weighted by molar-refractivity contribution is 7.21. The number of halogens is 2. The molecule has 1 amide bonds. The third-order valence-corrected chi connectivity index (χ3v) is 6.41. The van der Waals surface area contributed by atoms with Crippen molar-refractivity contribution >= 4 is 33.3 Å². The summed E-state index contributed by atoms with van der Waals surface area (Å²) in [5.74, 6) is -2.60. The van der Waals surface area contributed by atoms with E-state index in [2.05, 4.69) is 15.2 Å². The number of carbonyl (C=O) groups is 1. The number of para-hydroxylation sites is 1. The van der Waals surface area contributed by atoms with Crippen LogP contribution < -0.4 is 5.32 Å². The Hall–Kier alpha value is -3.27. The SMILES string of the molecule is CC.O=C(Nc1ccccc1-c1nc2cc(CN3CCOCC3)cnc2s1)c1ccc(F)c(F)c1. The molecule has 0 spiro atoms.